The van der Waals surface area contributed by atoms with Crippen molar-refractivity contribution in [3.05, 3.63) is 35.9 Å². The highest BCUT2D eigenvalue weighted by molar-refractivity contribution is 5.76. The van der Waals surface area contributed by atoms with Gasteiger partial charge in [-0.2, -0.15) is 0 Å². The number of piperidine rings is 1. The lowest BCUT2D eigenvalue weighted by atomic mass is 9.78. The number of rotatable bonds is 5. The van der Waals surface area contributed by atoms with E-state index in [9.17, 15) is 9.90 Å². The molecule has 1 saturated heterocycles. The lowest BCUT2D eigenvalue weighted by Gasteiger charge is -2.41. The van der Waals surface area contributed by atoms with Crippen LogP contribution in [0.2, 0.25) is 0 Å². The summed E-state index contributed by atoms with van der Waals surface area (Å²) in [5, 5.41) is 9.61. The van der Waals surface area contributed by atoms with Crippen LogP contribution in [0.25, 0.3) is 0 Å². The Morgan fingerprint density at radius 1 is 1.35 bits per heavy atom. The van der Waals surface area contributed by atoms with Crippen molar-refractivity contribution in [2.75, 3.05) is 19.7 Å². The zero-order valence-corrected chi connectivity index (χ0v) is 12.3. The normalized spacial score (nSPS) is 22.8. The Labute approximate surface area is 121 Å². The smallest absolute Gasteiger partial charge is 0.222 e. The molecule has 1 heterocycles. The summed E-state index contributed by atoms with van der Waals surface area (Å²) in [4.78, 5) is 14.3. The minimum Gasteiger partial charge on any atom is -0.396 e. The summed E-state index contributed by atoms with van der Waals surface area (Å²) in [6.07, 6.45) is 4.34. The van der Waals surface area contributed by atoms with Crippen LogP contribution in [0.4, 0.5) is 0 Å². The Morgan fingerprint density at radius 3 is 2.75 bits per heavy atom. The molecule has 0 spiro atoms. The van der Waals surface area contributed by atoms with Crippen LogP contribution in [0.3, 0.4) is 0 Å². The number of aryl methyl sites for hydroxylation is 1. The standard InChI is InChI=1S/C17H25NO2/c1-2-17(14-19)11-6-12-18(13-17)16(20)10-9-15-7-4-3-5-8-15/h3-5,7-8,19H,2,6,9-14H2,1H3/t17-/m0/s1. The van der Waals surface area contributed by atoms with Gasteiger partial charge in [0.25, 0.3) is 0 Å². The van der Waals surface area contributed by atoms with E-state index < -0.39 is 0 Å². The van der Waals surface area contributed by atoms with Crippen LogP contribution in [0.5, 0.6) is 0 Å². The molecule has 1 aromatic rings. The van der Waals surface area contributed by atoms with Gasteiger partial charge in [-0.1, -0.05) is 37.3 Å². The molecule has 1 amide bonds. The van der Waals surface area contributed by atoms with E-state index in [2.05, 4.69) is 19.1 Å². The van der Waals surface area contributed by atoms with Gasteiger partial charge in [0.15, 0.2) is 0 Å². The maximum atomic E-state index is 12.3. The SMILES string of the molecule is CC[C@]1(CO)CCCN(C(=O)CCc2ccccc2)C1. The van der Waals surface area contributed by atoms with Crippen LogP contribution in [0.15, 0.2) is 30.3 Å². The number of carbonyl (C=O) groups excluding carboxylic acids is 1. The molecule has 2 rings (SSSR count). The topological polar surface area (TPSA) is 40.5 Å². The molecule has 1 N–H and O–H groups in total. The fourth-order valence-corrected chi connectivity index (χ4v) is 3.00. The molecule has 0 radical (unpaired) electrons. The highest BCUT2D eigenvalue weighted by Gasteiger charge is 2.34. The van der Waals surface area contributed by atoms with Crippen LogP contribution < -0.4 is 0 Å². The number of carbonyl (C=O) groups is 1. The van der Waals surface area contributed by atoms with Crippen molar-refractivity contribution in [1.82, 2.24) is 4.90 Å². The quantitative estimate of drug-likeness (QED) is 0.897. The van der Waals surface area contributed by atoms with Gasteiger partial charge >= 0.3 is 0 Å². The largest absolute Gasteiger partial charge is 0.396 e. The average molecular weight is 275 g/mol. The fourth-order valence-electron chi connectivity index (χ4n) is 3.00. The van der Waals surface area contributed by atoms with E-state index in [1.807, 2.05) is 23.1 Å². The van der Waals surface area contributed by atoms with Crippen molar-refractivity contribution in [3.63, 3.8) is 0 Å². The molecule has 0 aromatic heterocycles. The highest BCUT2D eigenvalue weighted by atomic mass is 16.3. The number of hydrogen-bond donors (Lipinski definition) is 1. The predicted octanol–water partition coefficient (Wildman–Crippen LogP) is 2.63. The number of hydrogen-bond acceptors (Lipinski definition) is 2. The van der Waals surface area contributed by atoms with Gasteiger partial charge in [0, 0.05) is 24.9 Å². The van der Waals surface area contributed by atoms with Crippen molar-refractivity contribution in [3.8, 4) is 0 Å². The maximum Gasteiger partial charge on any atom is 0.222 e. The fraction of sp³-hybridized carbons (Fsp3) is 0.588. The lowest BCUT2D eigenvalue weighted by molar-refractivity contribution is -0.135. The molecule has 1 aliphatic rings. The molecule has 110 valence electrons. The third-order valence-electron chi connectivity index (χ3n) is 4.57. The maximum absolute atomic E-state index is 12.3. The van der Waals surface area contributed by atoms with E-state index in [4.69, 9.17) is 0 Å². The van der Waals surface area contributed by atoms with E-state index in [1.165, 1.54) is 5.56 Å². The second-order valence-electron chi connectivity index (χ2n) is 5.92. The molecule has 0 aliphatic carbocycles. The molecule has 1 aliphatic heterocycles. The zero-order valence-electron chi connectivity index (χ0n) is 12.3. The number of likely N-dealkylation sites (tertiary alicyclic amines) is 1. The average Bonchev–Trinajstić information content (AvgIpc) is 2.53. The summed E-state index contributed by atoms with van der Waals surface area (Å²) < 4.78 is 0. The van der Waals surface area contributed by atoms with Crippen molar-refractivity contribution in [2.45, 2.75) is 39.0 Å². The van der Waals surface area contributed by atoms with E-state index in [0.717, 1.165) is 32.2 Å². The molecule has 0 saturated carbocycles. The molecule has 1 aromatic carbocycles. The number of aliphatic hydroxyl groups is 1. The third-order valence-corrected chi connectivity index (χ3v) is 4.57. The Balaban J connectivity index is 1.89. The molecule has 20 heavy (non-hydrogen) atoms. The van der Waals surface area contributed by atoms with Crippen molar-refractivity contribution in [2.24, 2.45) is 5.41 Å². The van der Waals surface area contributed by atoms with E-state index >= 15 is 0 Å². The first-order chi connectivity index (χ1) is 9.69. The molecule has 0 bridgehead atoms. The van der Waals surface area contributed by atoms with E-state index in [-0.39, 0.29) is 17.9 Å². The van der Waals surface area contributed by atoms with Gasteiger partial charge < -0.3 is 10.0 Å². The summed E-state index contributed by atoms with van der Waals surface area (Å²) in [5.41, 5.74) is 1.14. The van der Waals surface area contributed by atoms with Gasteiger partial charge in [-0.3, -0.25) is 4.79 Å². The number of amides is 1. The number of nitrogens with zero attached hydrogens (tertiary/aromatic N) is 1. The van der Waals surface area contributed by atoms with Gasteiger partial charge in [-0.05, 0) is 31.2 Å². The minimum absolute atomic E-state index is 0.0688. The highest BCUT2D eigenvalue weighted by Crippen LogP contribution is 2.33. The van der Waals surface area contributed by atoms with E-state index in [0.29, 0.717) is 13.0 Å². The van der Waals surface area contributed by atoms with Crippen LogP contribution in [-0.2, 0) is 11.2 Å². The summed E-state index contributed by atoms with van der Waals surface area (Å²) in [6, 6.07) is 10.1. The van der Waals surface area contributed by atoms with Gasteiger partial charge in [0.1, 0.15) is 0 Å². The first-order valence-electron chi connectivity index (χ1n) is 7.62. The van der Waals surface area contributed by atoms with Gasteiger partial charge in [-0.25, -0.2) is 0 Å². The first-order valence-corrected chi connectivity index (χ1v) is 7.62. The van der Waals surface area contributed by atoms with Gasteiger partial charge in [0.05, 0.1) is 6.61 Å². The van der Waals surface area contributed by atoms with Crippen LogP contribution >= 0.6 is 0 Å². The van der Waals surface area contributed by atoms with Crippen LogP contribution in [-0.4, -0.2) is 35.6 Å². The molecular weight excluding hydrogens is 250 g/mol. The third kappa shape index (κ3) is 3.60. The number of aliphatic hydroxyl groups excluding tert-OH is 1. The first kappa shape index (κ1) is 15.0. The monoisotopic (exact) mass is 275 g/mol. The van der Waals surface area contributed by atoms with Gasteiger partial charge in [-0.15, -0.1) is 0 Å². The molecular formula is C17H25NO2. The van der Waals surface area contributed by atoms with E-state index in [1.54, 1.807) is 0 Å². The Bertz CT molecular complexity index is 426. The summed E-state index contributed by atoms with van der Waals surface area (Å²) in [5.74, 6) is 0.222. The van der Waals surface area contributed by atoms with Crippen LogP contribution in [0.1, 0.15) is 38.2 Å². The second kappa shape index (κ2) is 6.89. The Morgan fingerprint density at radius 2 is 2.10 bits per heavy atom. The zero-order chi connectivity index (χ0) is 14.4. The van der Waals surface area contributed by atoms with Crippen molar-refractivity contribution in [1.29, 1.82) is 0 Å². The van der Waals surface area contributed by atoms with Crippen molar-refractivity contribution < 1.29 is 9.90 Å². The Kier molecular flexibility index (Phi) is 5.18. The molecule has 3 heteroatoms. The minimum atomic E-state index is -0.0688. The molecule has 3 nitrogen and oxygen atoms in total. The van der Waals surface area contributed by atoms with Gasteiger partial charge in [0.2, 0.25) is 5.91 Å². The molecule has 1 fully saturated rings. The second-order valence-corrected chi connectivity index (χ2v) is 5.92. The molecule has 1 atom stereocenters. The van der Waals surface area contributed by atoms with Crippen molar-refractivity contribution >= 4 is 5.91 Å². The molecule has 0 unspecified atom stereocenters. The summed E-state index contributed by atoms with van der Waals surface area (Å²) in [6.45, 7) is 3.85. The predicted molar refractivity (Wildman–Crippen MR) is 80.4 cm³/mol. The lowest BCUT2D eigenvalue weighted by Crippen LogP contribution is -2.47. The number of benzene rings is 1. The Hall–Kier alpha value is -1.35. The summed E-state index contributed by atoms with van der Waals surface area (Å²) in [7, 11) is 0. The van der Waals surface area contributed by atoms with Crippen LogP contribution in [0, 0.1) is 5.41 Å². The summed E-state index contributed by atoms with van der Waals surface area (Å²) >= 11 is 0.